The molecule has 1 amide bonds. The Bertz CT molecular complexity index is 729. The number of nitrogen functional groups attached to an aromatic ring is 1. The molecule has 1 aromatic heterocycles. The smallest absolute Gasteiger partial charge is 0.336 e. The summed E-state index contributed by atoms with van der Waals surface area (Å²) in [6, 6.07) is 4.79. The van der Waals surface area contributed by atoms with E-state index in [9.17, 15) is 18.0 Å². The fourth-order valence-electron chi connectivity index (χ4n) is 1.94. The van der Waals surface area contributed by atoms with Crippen molar-refractivity contribution in [1.82, 2.24) is 14.9 Å². The van der Waals surface area contributed by atoms with Crippen molar-refractivity contribution in [3.63, 3.8) is 0 Å². The summed E-state index contributed by atoms with van der Waals surface area (Å²) < 4.78 is 39.9. The van der Waals surface area contributed by atoms with E-state index in [2.05, 4.69) is 15.5 Å². The van der Waals surface area contributed by atoms with Crippen LogP contribution in [0.1, 0.15) is 31.2 Å². The first-order valence-electron chi connectivity index (χ1n) is 6.99. The van der Waals surface area contributed by atoms with E-state index in [0.717, 1.165) is 17.8 Å². The van der Waals surface area contributed by atoms with E-state index in [1.165, 1.54) is 22.9 Å². The van der Waals surface area contributed by atoms with Gasteiger partial charge in [0.15, 0.2) is 5.82 Å². The Hall–Kier alpha value is -2.23. The Morgan fingerprint density at radius 3 is 2.58 bits per heavy atom. The normalized spacial score (nSPS) is 11.8. The number of nitrogens with two attached hydrogens (primary N) is 1. The van der Waals surface area contributed by atoms with Crippen molar-refractivity contribution in [2.45, 2.75) is 31.1 Å². The van der Waals surface area contributed by atoms with Crippen LogP contribution >= 0.6 is 11.8 Å². The van der Waals surface area contributed by atoms with E-state index in [1.54, 1.807) is 0 Å². The molecule has 24 heavy (non-hydrogen) atoms. The third-order valence-electron chi connectivity index (χ3n) is 3.05. The summed E-state index contributed by atoms with van der Waals surface area (Å²) in [5.74, 6) is 5.70. The maximum absolute atomic E-state index is 12.9. The molecular weight excluding hydrogens is 343 g/mol. The minimum atomic E-state index is -4.54. The van der Waals surface area contributed by atoms with Crippen LogP contribution in [-0.4, -0.2) is 26.5 Å². The maximum atomic E-state index is 12.9. The predicted molar refractivity (Wildman–Crippen MR) is 85.1 cm³/mol. The van der Waals surface area contributed by atoms with Crippen LogP contribution in [-0.2, 0) is 11.0 Å². The minimum Gasteiger partial charge on any atom is -0.336 e. The van der Waals surface area contributed by atoms with Gasteiger partial charge >= 0.3 is 6.18 Å². The molecule has 6 nitrogen and oxygen atoms in total. The second kappa shape index (κ2) is 7.12. The number of halogens is 3. The topological polar surface area (TPSA) is 85.8 Å². The van der Waals surface area contributed by atoms with Crippen LogP contribution in [0.4, 0.5) is 18.9 Å². The number of aromatic nitrogens is 3. The first kappa shape index (κ1) is 18.1. The van der Waals surface area contributed by atoms with Gasteiger partial charge in [0.1, 0.15) is 0 Å². The summed E-state index contributed by atoms with van der Waals surface area (Å²) in [6.07, 6.45) is -4.54. The number of anilines is 1. The van der Waals surface area contributed by atoms with Gasteiger partial charge < -0.3 is 11.2 Å². The number of carbonyl (C=O) groups excluding carboxylic acids is 1. The lowest BCUT2D eigenvalue weighted by molar-refractivity contribution is -0.137. The molecule has 10 heteroatoms. The van der Waals surface area contributed by atoms with Gasteiger partial charge in [-0.15, -0.1) is 10.2 Å². The van der Waals surface area contributed by atoms with Crippen molar-refractivity contribution in [3.8, 4) is 0 Å². The van der Waals surface area contributed by atoms with Crippen LogP contribution in [0.3, 0.4) is 0 Å². The van der Waals surface area contributed by atoms with Gasteiger partial charge in [-0.3, -0.25) is 4.79 Å². The molecule has 2 aromatic rings. The summed E-state index contributed by atoms with van der Waals surface area (Å²) >= 11 is 0.997. The molecule has 0 unspecified atom stereocenters. The Balaban J connectivity index is 2.03. The van der Waals surface area contributed by atoms with Crippen LogP contribution in [0.5, 0.6) is 0 Å². The summed E-state index contributed by atoms with van der Waals surface area (Å²) in [6.45, 7) is 3.78. The predicted octanol–water partition coefficient (Wildman–Crippen LogP) is 2.86. The minimum absolute atomic E-state index is 0.0596. The molecule has 0 saturated heterocycles. The molecule has 0 atom stereocenters. The number of benzene rings is 1. The van der Waals surface area contributed by atoms with E-state index in [4.69, 9.17) is 5.84 Å². The number of alkyl halides is 3. The number of hydrogen-bond acceptors (Lipinski definition) is 5. The molecule has 3 N–H and O–H groups in total. The van der Waals surface area contributed by atoms with Crippen molar-refractivity contribution in [2.75, 3.05) is 16.9 Å². The molecule has 0 saturated carbocycles. The van der Waals surface area contributed by atoms with Gasteiger partial charge in [-0.1, -0.05) is 37.7 Å². The zero-order valence-electron chi connectivity index (χ0n) is 13.0. The van der Waals surface area contributed by atoms with Crippen LogP contribution in [0.15, 0.2) is 29.4 Å². The van der Waals surface area contributed by atoms with Crippen molar-refractivity contribution in [1.29, 1.82) is 0 Å². The highest BCUT2D eigenvalue weighted by Crippen LogP contribution is 2.34. The van der Waals surface area contributed by atoms with Gasteiger partial charge in [-0.25, -0.2) is 4.68 Å². The molecule has 2 rings (SSSR count). The fourth-order valence-corrected chi connectivity index (χ4v) is 2.60. The number of para-hydroxylation sites is 1. The summed E-state index contributed by atoms with van der Waals surface area (Å²) in [4.78, 5) is 11.9. The summed E-state index contributed by atoms with van der Waals surface area (Å²) in [5, 5.41) is 10.3. The quantitative estimate of drug-likeness (QED) is 0.633. The zero-order chi connectivity index (χ0) is 17.9. The average Bonchev–Trinajstić information content (AvgIpc) is 2.86. The fraction of sp³-hybridized carbons (Fsp3) is 0.357. The third kappa shape index (κ3) is 4.19. The Morgan fingerprint density at radius 2 is 2.00 bits per heavy atom. The highest BCUT2D eigenvalue weighted by molar-refractivity contribution is 7.99. The van der Waals surface area contributed by atoms with E-state index < -0.39 is 17.6 Å². The molecule has 0 aliphatic rings. The summed E-state index contributed by atoms with van der Waals surface area (Å²) in [5.41, 5.74) is -1.18. The third-order valence-corrected chi connectivity index (χ3v) is 3.99. The van der Waals surface area contributed by atoms with Gasteiger partial charge in [0.05, 0.1) is 17.0 Å². The van der Waals surface area contributed by atoms with E-state index in [-0.39, 0.29) is 17.4 Å². The largest absolute Gasteiger partial charge is 0.418 e. The lowest BCUT2D eigenvalue weighted by atomic mass is 10.1. The Kier molecular flexibility index (Phi) is 5.37. The first-order chi connectivity index (χ1) is 11.2. The van der Waals surface area contributed by atoms with Gasteiger partial charge in [0.25, 0.3) is 0 Å². The zero-order valence-corrected chi connectivity index (χ0v) is 13.8. The maximum Gasteiger partial charge on any atom is 0.418 e. The van der Waals surface area contributed by atoms with E-state index in [0.29, 0.717) is 11.0 Å². The Morgan fingerprint density at radius 1 is 1.33 bits per heavy atom. The van der Waals surface area contributed by atoms with Gasteiger partial charge in [0.2, 0.25) is 11.1 Å². The molecule has 130 valence electrons. The number of thioether (sulfide) groups is 1. The molecule has 0 aliphatic heterocycles. The van der Waals surface area contributed by atoms with Crippen LogP contribution in [0.2, 0.25) is 0 Å². The number of nitrogens with zero attached hydrogens (tertiary/aromatic N) is 3. The lowest BCUT2D eigenvalue weighted by Crippen LogP contribution is -2.19. The lowest BCUT2D eigenvalue weighted by Gasteiger charge is -2.13. The second-order valence-electron chi connectivity index (χ2n) is 5.25. The summed E-state index contributed by atoms with van der Waals surface area (Å²) in [7, 11) is 0. The highest BCUT2D eigenvalue weighted by atomic mass is 32.2. The average molecular weight is 359 g/mol. The van der Waals surface area contributed by atoms with E-state index >= 15 is 0 Å². The van der Waals surface area contributed by atoms with Crippen molar-refractivity contribution in [3.05, 3.63) is 35.7 Å². The SMILES string of the molecule is CC(C)c1nnc(SCC(=O)Nc2ccccc2C(F)(F)F)n1N. The molecular formula is C14H16F3N5OS. The molecule has 0 aliphatic carbocycles. The molecule has 0 radical (unpaired) electrons. The van der Waals surface area contributed by atoms with Crippen molar-refractivity contribution in [2.24, 2.45) is 0 Å². The molecule has 1 aromatic carbocycles. The number of rotatable bonds is 5. The standard InChI is InChI=1S/C14H16F3N5OS/c1-8(2)12-20-21-13(22(12)18)24-7-11(23)19-10-6-4-3-5-9(10)14(15,16)17/h3-6,8H,7,18H2,1-2H3,(H,19,23). The van der Waals surface area contributed by atoms with Gasteiger partial charge in [-0.05, 0) is 12.1 Å². The van der Waals surface area contributed by atoms with Crippen molar-refractivity contribution < 1.29 is 18.0 Å². The van der Waals surface area contributed by atoms with Crippen LogP contribution in [0.25, 0.3) is 0 Å². The monoisotopic (exact) mass is 359 g/mol. The van der Waals surface area contributed by atoms with E-state index in [1.807, 2.05) is 13.8 Å². The Labute approximate surface area is 140 Å². The molecule has 0 fully saturated rings. The van der Waals surface area contributed by atoms with Gasteiger partial charge in [-0.2, -0.15) is 13.2 Å². The molecule has 1 heterocycles. The first-order valence-corrected chi connectivity index (χ1v) is 7.98. The van der Waals surface area contributed by atoms with Gasteiger partial charge in [0, 0.05) is 5.92 Å². The van der Waals surface area contributed by atoms with Crippen LogP contribution in [0, 0.1) is 0 Å². The molecule has 0 spiro atoms. The number of amides is 1. The highest BCUT2D eigenvalue weighted by Gasteiger charge is 2.33. The number of nitrogens with one attached hydrogen (secondary N) is 1. The molecule has 0 bridgehead atoms. The second-order valence-corrected chi connectivity index (χ2v) is 6.19. The number of hydrogen-bond donors (Lipinski definition) is 2. The van der Waals surface area contributed by atoms with Crippen LogP contribution < -0.4 is 11.2 Å². The van der Waals surface area contributed by atoms with Crippen molar-refractivity contribution >= 4 is 23.4 Å². The number of carbonyl (C=O) groups is 1.